The first-order valence-corrected chi connectivity index (χ1v) is 8.79. The predicted octanol–water partition coefficient (Wildman–Crippen LogP) is 3.85. The molecule has 0 saturated heterocycles. The smallest absolute Gasteiger partial charge is 0.341 e. The lowest BCUT2D eigenvalue weighted by Gasteiger charge is -2.16. The summed E-state index contributed by atoms with van der Waals surface area (Å²) >= 11 is 0. The molecule has 148 valence electrons. The Kier molecular flexibility index (Phi) is 9.92. The Morgan fingerprint density at radius 2 is 1.96 bits per heavy atom. The van der Waals surface area contributed by atoms with Gasteiger partial charge in [0.1, 0.15) is 23.6 Å². The van der Waals surface area contributed by atoms with E-state index in [1.165, 1.54) is 12.7 Å². The van der Waals surface area contributed by atoms with E-state index in [4.69, 9.17) is 9.15 Å². The van der Waals surface area contributed by atoms with Gasteiger partial charge in [-0.25, -0.2) is 9.79 Å². The van der Waals surface area contributed by atoms with Crippen molar-refractivity contribution in [3.63, 3.8) is 0 Å². The number of esters is 1. The Morgan fingerprint density at radius 1 is 1.26 bits per heavy atom. The van der Waals surface area contributed by atoms with Gasteiger partial charge in [0, 0.05) is 13.1 Å². The highest BCUT2D eigenvalue weighted by molar-refractivity contribution is 14.0. The number of benzene rings is 1. The van der Waals surface area contributed by atoms with Crippen molar-refractivity contribution in [2.45, 2.75) is 33.2 Å². The van der Waals surface area contributed by atoms with E-state index in [1.807, 2.05) is 25.1 Å². The second-order valence-electron chi connectivity index (χ2n) is 6.06. The maximum atomic E-state index is 11.7. The van der Waals surface area contributed by atoms with Gasteiger partial charge in [0.15, 0.2) is 5.96 Å². The van der Waals surface area contributed by atoms with Crippen LogP contribution in [0.25, 0.3) is 0 Å². The monoisotopic (exact) mass is 485 g/mol. The van der Waals surface area contributed by atoms with Gasteiger partial charge in [-0.05, 0) is 31.4 Å². The van der Waals surface area contributed by atoms with Crippen molar-refractivity contribution >= 4 is 35.9 Å². The number of carbonyl (C=O) groups is 1. The lowest BCUT2D eigenvalue weighted by atomic mass is 10.0. The Balaban J connectivity index is 0.00000364. The minimum absolute atomic E-state index is 0. The van der Waals surface area contributed by atoms with Crippen molar-refractivity contribution in [1.29, 1.82) is 0 Å². The summed E-state index contributed by atoms with van der Waals surface area (Å²) in [5.74, 6) is 1.83. The number of furan rings is 1. The van der Waals surface area contributed by atoms with Gasteiger partial charge in [-0.3, -0.25) is 0 Å². The molecule has 1 atom stereocenters. The molecule has 1 aromatic heterocycles. The lowest BCUT2D eigenvalue weighted by Crippen LogP contribution is -2.39. The number of nitrogens with one attached hydrogen (secondary N) is 2. The van der Waals surface area contributed by atoms with Gasteiger partial charge in [-0.2, -0.15) is 0 Å². The molecule has 7 heteroatoms. The van der Waals surface area contributed by atoms with E-state index < -0.39 is 5.97 Å². The number of rotatable bonds is 7. The van der Waals surface area contributed by atoms with E-state index >= 15 is 0 Å². The molecule has 27 heavy (non-hydrogen) atoms. The number of methoxy groups -OCH3 is 1. The molecule has 2 aromatic rings. The summed E-state index contributed by atoms with van der Waals surface area (Å²) in [5.41, 5.74) is 1.72. The normalized spacial score (nSPS) is 12.1. The van der Waals surface area contributed by atoms with E-state index in [1.54, 1.807) is 13.0 Å². The van der Waals surface area contributed by atoms with Gasteiger partial charge in [0.2, 0.25) is 0 Å². The Morgan fingerprint density at radius 3 is 2.59 bits per heavy atom. The molecule has 0 aliphatic carbocycles. The van der Waals surface area contributed by atoms with Crippen LogP contribution in [0.2, 0.25) is 0 Å². The summed E-state index contributed by atoms with van der Waals surface area (Å²) in [4.78, 5) is 16.2. The van der Waals surface area contributed by atoms with Gasteiger partial charge < -0.3 is 19.8 Å². The first-order valence-electron chi connectivity index (χ1n) is 8.79. The maximum absolute atomic E-state index is 11.7. The van der Waals surface area contributed by atoms with Crippen LogP contribution in [0, 0.1) is 6.92 Å². The van der Waals surface area contributed by atoms with E-state index in [-0.39, 0.29) is 24.0 Å². The minimum atomic E-state index is -0.400. The molecule has 0 aliphatic rings. The maximum Gasteiger partial charge on any atom is 0.341 e. The number of ether oxygens (including phenoxy) is 1. The molecular formula is C20H28IN3O3. The van der Waals surface area contributed by atoms with Crippen LogP contribution in [0.3, 0.4) is 0 Å². The van der Waals surface area contributed by atoms with Crippen molar-refractivity contribution in [2.24, 2.45) is 4.99 Å². The molecule has 6 nitrogen and oxygen atoms in total. The Labute approximate surface area is 177 Å². The molecule has 1 heterocycles. The topological polar surface area (TPSA) is 75.9 Å². The van der Waals surface area contributed by atoms with Crippen LogP contribution < -0.4 is 10.6 Å². The fraction of sp³-hybridized carbons (Fsp3) is 0.400. The van der Waals surface area contributed by atoms with Crippen LogP contribution in [0.15, 0.2) is 45.8 Å². The van der Waals surface area contributed by atoms with Crippen LogP contribution in [0.1, 0.15) is 47.2 Å². The van der Waals surface area contributed by atoms with Crippen LogP contribution in [0.5, 0.6) is 0 Å². The highest BCUT2D eigenvalue weighted by atomic mass is 127. The van der Waals surface area contributed by atoms with E-state index in [0.29, 0.717) is 35.5 Å². The van der Waals surface area contributed by atoms with E-state index in [9.17, 15) is 4.79 Å². The summed E-state index contributed by atoms with van der Waals surface area (Å²) < 4.78 is 10.3. The highest BCUT2D eigenvalue weighted by Crippen LogP contribution is 2.16. The summed E-state index contributed by atoms with van der Waals surface area (Å²) in [6, 6.07) is 12.0. The van der Waals surface area contributed by atoms with Crippen molar-refractivity contribution in [1.82, 2.24) is 10.6 Å². The second kappa shape index (κ2) is 11.6. The second-order valence-corrected chi connectivity index (χ2v) is 6.06. The zero-order chi connectivity index (χ0) is 18.9. The zero-order valence-electron chi connectivity index (χ0n) is 16.2. The molecule has 0 fully saturated rings. The fourth-order valence-electron chi connectivity index (χ4n) is 2.58. The molecule has 2 N–H and O–H groups in total. The molecule has 0 amide bonds. The number of aryl methyl sites for hydroxylation is 1. The average Bonchev–Trinajstić information content (AvgIpc) is 3.04. The van der Waals surface area contributed by atoms with Gasteiger partial charge in [0.25, 0.3) is 0 Å². The molecule has 0 bridgehead atoms. The summed E-state index contributed by atoms with van der Waals surface area (Å²) in [6.45, 7) is 7.79. The standard InChI is InChI=1S/C20H27N3O3.HI/c1-5-21-20(22-12-14(2)16-9-7-6-8-10-16)23-13-17-11-18(15(3)26-17)19(24)25-4;/h6-11,14H,5,12-13H2,1-4H3,(H2,21,22,23);1H. The third-order valence-corrected chi connectivity index (χ3v) is 4.06. The molecule has 0 saturated carbocycles. The third kappa shape index (κ3) is 6.89. The van der Waals surface area contributed by atoms with Crippen LogP contribution in [-0.2, 0) is 11.3 Å². The Hall–Kier alpha value is -2.03. The van der Waals surface area contributed by atoms with Gasteiger partial charge in [-0.15, -0.1) is 24.0 Å². The number of aliphatic imine (C=N–C) groups is 1. The predicted molar refractivity (Wildman–Crippen MR) is 118 cm³/mol. The lowest BCUT2D eigenvalue weighted by molar-refractivity contribution is 0.0599. The number of guanidine groups is 1. The fourth-order valence-corrected chi connectivity index (χ4v) is 2.58. The zero-order valence-corrected chi connectivity index (χ0v) is 18.6. The Bertz CT molecular complexity index is 744. The molecule has 1 aromatic carbocycles. The first-order chi connectivity index (χ1) is 12.5. The van der Waals surface area contributed by atoms with Crippen molar-refractivity contribution in [3.8, 4) is 0 Å². The number of halogens is 1. The van der Waals surface area contributed by atoms with Crippen LogP contribution in [-0.4, -0.2) is 32.1 Å². The van der Waals surface area contributed by atoms with E-state index in [2.05, 4.69) is 34.7 Å². The summed E-state index contributed by atoms with van der Waals surface area (Å²) in [6.07, 6.45) is 0. The first kappa shape index (κ1) is 23.0. The molecule has 1 unspecified atom stereocenters. The molecule has 0 radical (unpaired) electrons. The van der Waals surface area contributed by atoms with Crippen LogP contribution in [0.4, 0.5) is 0 Å². The molecule has 0 aliphatic heterocycles. The van der Waals surface area contributed by atoms with Crippen molar-refractivity contribution in [2.75, 3.05) is 20.2 Å². The van der Waals surface area contributed by atoms with Gasteiger partial charge >= 0.3 is 5.97 Å². The van der Waals surface area contributed by atoms with Gasteiger partial charge in [-0.1, -0.05) is 37.3 Å². The molecule has 2 rings (SSSR count). The van der Waals surface area contributed by atoms with E-state index in [0.717, 1.165) is 13.1 Å². The number of hydrogen-bond donors (Lipinski definition) is 2. The molecular weight excluding hydrogens is 457 g/mol. The number of carbonyl (C=O) groups excluding carboxylic acids is 1. The van der Waals surface area contributed by atoms with Crippen molar-refractivity contribution < 1.29 is 13.9 Å². The minimum Gasteiger partial charge on any atom is -0.465 e. The summed E-state index contributed by atoms with van der Waals surface area (Å²) in [7, 11) is 1.35. The molecule has 0 spiro atoms. The SMILES string of the molecule is CCNC(=NCc1cc(C(=O)OC)c(C)o1)NCC(C)c1ccccc1.I. The summed E-state index contributed by atoms with van der Waals surface area (Å²) in [5, 5.41) is 6.57. The highest BCUT2D eigenvalue weighted by Gasteiger charge is 2.15. The van der Waals surface area contributed by atoms with Crippen molar-refractivity contribution in [3.05, 3.63) is 59.0 Å². The van der Waals surface area contributed by atoms with Gasteiger partial charge in [0.05, 0.1) is 7.11 Å². The quantitative estimate of drug-likeness (QED) is 0.270. The number of nitrogens with zero attached hydrogens (tertiary/aromatic N) is 1. The largest absolute Gasteiger partial charge is 0.465 e. The average molecular weight is 485 g/mol. The van der Waals surface area contributed by atoms with Crippen LogP contribution >= 0.6 is 24.0 Å². The third-order valence-electron chi connectivity index (χ3n) is 4.06. The number of hydrogen-bond acceptors (Lipinski definition) is 4.